The minimum absolute atomic E-state index is 0.263. The van der Waals surface area contributed by atoms with Crippen molar-refractivity contribution in [2.45, 2.75) is 25.3 Å². The SMILES string of the molecule is CN(c1ccccc1)C1CCN(C(=O)Cc2ccsc2)CC1. The number of anilines is 1. The number of thiophene rings is 1. The fourth-order valence-corrected chi connectivity index (χ4v) is 3.72. The molecule has 1 aliphatic rings. The second-order valence-corrected chi connectivity index (χ2v) is 6.65. The zero-order chi connectivity index (χ0) is 15.4. The number of piperidine rings is 1. The molecule has 1 amide bonds. The van der Waals surface area contributed by atoms with Crippen molar-refractivity contribution in [3.63, 3.8) is 0 Å². The first kappa shape index (κ1) is 15.1. The number of likely N-dealkylation sites (tertiary alicyclic amines) is 1. The van der Waals surface area contributed by atoms with Crippen LogP contribution in [0.15, 0.2) is 47.2 Å². The Morgan fingerprint density at radius 1 is 1.23 bits per heavy atom. The predicted octanol–water partition coefficient (Wildman–Crippen LogP) is 3.42. The molecule has 4 heteroatoms. The van der Waals surface area contributed by atoms with Crippen molar-refractivity contribution < 1.29 is 4.79 Å². The van der Waals surface area contributed by atoms with Crippen molar-refractivity contribution in [2.24, 2.45) is 0 Å². The highest BCUT2D eigenvalue weighted by molar-refractivity contribution is 7.07. The van der Waals surface area contributed by atoms with Crippen LogP contribution >= 0.6 is 11.3 Å². The van der Waals surface area contributed by atoms with Crippen LogP contribution in [0.2, 0.25) is 0 Å². The number of nitrogens with zero attached hydrogens (tertiary/aromatic N) is 2. The maximum Gasteiger partial charge on any atom is 0.227 e. The van der Waals surface area contributed by atoms with E-state index in [-0.39, 0.29) is 5.91 Å². The number of carbonyl (C=O) groups is 1. The Labute approximate surface area is 136 Å². The van der Waals surface area contributed by atoms with Crippen LogP contribution in [-0.4, -0.2) is 37.0 Å². The molecule has 0 bridgehead atoms. The molecule has 3 nitrogen and oxygen atoms in total. The molecule has 1 fully saturated rings. The summed E-state index contributed by atoms with van der Waals surface area (Å²) < 4.78 is 0. The van der Waals surface area contributed by atoms with Gasteiger partial charge in [-0.1, -0.05) is 18.2 Å². The third-order valence-corrected chi connectivity index (χ3v) is 5.20. The summed E-state index contributed by atoms with van der Waals surface area (Å²) in [7, 11) is 2.16. The van der Waals surface area contributed by atoms with E-state index >= 15 is 0 Å². The Morgan fingerprint density at radius 2 is 1.95 bits per heavy atom. The van der Waals surface area contributed by atoms with E-state index in [1.54, 1.807) is 11.3 Å². The Hall–Kier alpha value is -1.81. The number of hydrogen-bond donors (Lipinski definition) is 0. The molecule has 0 spiro atoms. The van der Waals surface area contributed by atoms with Gasteiger partial charge in [0.05, 0.1) is 6.42 Å². The Bertz CT molecular complexity index is 589. The molecule has 1 aromatic heterocycles. The van der Waals surface area contributed by atoms with Crippen LogP contribution in [0, 0.1) is 0 Å². The van der Waals surface area contributed by atoms with Gasteiger partial charge in [0.2, 0.25) is 5.91 Å². The molecular weight excluding hydrogens is 292 g/mol. The standard InChI is InChI=1S/C18H22N2OS/c1-19(16-5-3-2-4-6-16)17-7-10-20(11-8-17)18(21)13-15-9-12-22-14-15/h2-6,9,12,14,17H,7-8,10-11,13H2,1H3. The van der Waals surface area contributed by atoms with Gasteiger partial charge in [0, 0.05) is 31.9 Å². The van der Waals surface area contributed by atoms with Crippen LogP contribution < -0.4 is 4.90 Å². The van der Waals surface area contributed by atoms with E-state index < -0.39 is 0 Å². The highest BCUT2D eigenvalue weighted by Crippen LogP contribution is 2.22. The van der Waals surface area contributed by atoms with Gasteiger partial charge >= 0.3 is 0 Å². The van der Waals surface area contributed by atoms with E-state index in [2.05, 4.69) is 41.6 Å². The molecule has 116 valence electrons. The van der Waals surface area contributed by atoms with E-state index in [9.17, 15) is 4.79 Å². The lowest BCUT2D eigenvalue weighted by atomic mass is 10.0. The van der Waals surface area contributed by atoms with E-state index in [0.717, 1.165) is 31.5 Å². The van der Waals surface area contributed by atoms with Crippen molar-refractivity contribution in [1.29, 1.82) is 0 Å². The number of carbonyl (C=O) groups excluding carboxylic acids is 1. The zero-order valence-electron chi connectivity index (χ0n) is 12.9. The summed E-state index contributed by atoms with van der Waals surface area (Å²) in [5.41, 5.74) is 2.39. The topological polar surface area (TPSA) is 23.6 Å². The Morgan fingerprint density at radius 3 is 2.59 bits per heavy atom. The maximum atomic E-state index is 12.3. The second-order valence-electron chi connectivity index (χ2n) is 5.87. The van der Waals surface area contributed by atoms with Crippen LogP contribution in [0.5, 0.6) is 0 Å². The number of benzene rings is 1. The van der Waals surface area contributed by atoms with E-state index in [0.29, 0.717) is 12.5 Å². The number of para-hydroxylation sites is 1. The van der Waals surface area contributed by atoms with Gasteiger partial charge in [0.1, 0.15) is 0 Å². The van der Waals surface area contributed by atoms with Gasteiger partial charge in [-0.3, -0.25) is 4.79 Å². The summed E-state index contributed by atoms with van der Waals surface area (Å²) in [4.78, 5) is 16.7. The molecule has 1 saturated heterocycles. The molecular formula is C18H22N2OS. The molecule has 0 N–H and O–H groups in total. The van der Waals surface area contributed by atoms with Gasteiger partial charge < -0.3 is 9.80 Å². The minimum atomic E-state index is 0.263. The minimum Gasteiger partial charge on any atom is -0.371 e. The molecule has 0 atom stereocenters. The first-order valence-electron chi connectivity index (χ1n) is 7.81. The van der Waals surface area contributed by atoms with Crippen LogP contribution in [-0.2, 0) is 11.2 Å². The first-order valence-corrected chi connectivity index (χ1v) is 8.75. The summed E-state index contributed by atoms with van der Waals surface area (Å²) in [6.07, 6.45) is 2.63. The van der Waals surface area contributed by atoms with Crippen LogP contribution in [0.4, 0.5) is 5.69 Å². The number of amides is 1. The normalized spacial score (nSPS) is 15.8. The summed E-state index contributed by atoms with van der Waals surface area (Å²) in [6.45, 7) is 1.73. The van der Waals surface area contributed by atoms with Crippen molar-refractivity contribution >= 4 is 22.9 Å². The van der Waals surface area contributed by atoms with Gasteiger partial charge in [-0.05, 0) is 47.4 Å². The molecule has 22 heavy (non-hydrogen) atoms. The lowest BCUT2D eigenvalue weighted by Gasteiger charge is -2.38. The van der Waals surface area contributed by atoms with Crippen LogP contribution in [0.25, 0.3) is 0 Å². The number of rotatable bonds is 4. The lowest BCUT2D eigenvalue weighted by Crippen LogP contribution is -2.46. The van der Waals surface area contributed by atoms with E-state index in [1.165, 1.54) is 5.69 Å². The largest absolute Gasteiger partial charge is 0.371 e. The van der Waals surface area contributed by atoms with E-state index in [4.69, 9.17) is 0 Å². The van der Waals surface area contributed by atoms with E-state index in [1.807, 2.05) is 22.4 Å². The average Bonchev–Trinajstić information content (AvgIpc) is 3.08. The van der Waals surface area contributed by atoms with Crippen molar-refractivity contribution in [1.82, 2.24) is 4.90 Å². The van der Waals surface area contributed by atoms with Crippen molar-refractivity contribution in [3.05, 3.63) is 52.7 Å². The summed E-state index contributed by atoms with van der Waals surface area (Å²) in [5, 5.41) is 4.09. The molecule has 0 radical (unpaired) electrons. The summed E-state index contributed by atoms with van der Waals surface area (Å²) >= 11 is 1.65. The van der Waals surface area contributed by atoms with Gasteiger partial charge in [-0.25, -0.2) is 0 Å². The predicted molar refractivity (Wildman–Crippen MR) is 92.5 cm³/mol. The summed E-state index contributed by atoms with van der Waals surface area (Å²) in [5.74, 6) is 0.263. The van der Waals surface area contributed by atoms with Gasteiger partial charge in [-0.15, -0.1) is 0 Å². The third kappa shape index (κ3) is 3.50. The maximum absolute atomic E-state index is 12.3. The lowest BCUT2D eigenvalue weighted by molar-refractivity contribution is -0.131. The Kier molecular flexibility index (Phi) is 4.78. The molecule has 0 aliphatic carbocycles. The number of hydrogen-bond acceptors (Lipinski definition) is 3. The zero-order valence-corrected chi connectivity index (χ0v) is 13.8. The smallest absolute Gasteiger partial charge is 0.227 e. The quantitative estimate of drug-likeness (QED) is 0.863. The molecule has 3 rings (SSSR count). The molecule has 2 heterocycles. The molecule has 0 saturated carbocycles. The fraction of sp³-hybridized carbons (Fsp3) is 0.389. The average molecular weight is 314 g/mol. The van der Waals surface area contributed by atoms with Gasteiger partial charge in [-0.2, -0.15) is 11.3 Å². The molecule has 1 aliphatic heterocycles. The van der Waals surface area contributed by atoms with Gasteiger partial charge in [0.15, 0.2) is 0 Å². The van der Waals surface area contributed by atoms with Crippen LogP contribution in [0.3, 0.4) is 0 Å². The van der Waals surface area contributed by atoms with Gasteiger partial charge in [0.25, 0.3) is 0 Å². The van der Waals surface area contributed by atoms with Crippen LogP contribution in [0.1, 0.15) is 18.4 Å². The molecule has 2 aromatic rings. The van der Waals surface area contributed by atoms with Crippen molar-refractivity contribution in [2.75, 3.05) is 25.0 Å². The Balaban J connectivity index is 1.53. The molecule has 1 aromatic carbocycles. The fourth-order valence-electron chi connectivity index (χ4n) is 3.06. The highest BCUT2D eigenvalue weighted by atomic mass is 32.1. The first-order chi connectivity index (χ1) is 10.7. The molecule has 0 unspecified atom stereocenters. The monoisotopic (exact) mass is 314 g/mol. The van der Waals surface area contributed by atoms with Crippen molar-refractivity contribution in [3.8, 4) is 0 Å². The summed E-state index contributed by atoms with van der Waals surface area (Å²) in [6, 6.07) is 13.0. The highest BCUT2D eigenvalue weighted by Gasteiger charge is 2.25. The second kappa shape index (κ2) is 6.97. The third-order valence-electron chi connectivity index (χ3n) is 4.46.